The maximum atomic E-state index is 12.0. The second-order valence-electron chi connectivity index (χ2n) is 5.44. The molecule has 0 aliphatic rings. The predicted octanol–water partition coefficient (Wildman–Crippen LogP) is 0.785. The van der Waals surface area contributed by atoms with Crippen LogP contribution in [0.1, 0.15) is 24.2 Å². The Morgan fingerprint density at radius 1 is 1.00 bits per heavy atom. The molecule has 0 aromatic heterocycles. The van der Waals surface area contributed by atoms with Crippen molar-refractivity contribution in [1.29, 1.82) is 0 Å². The minimum Gasteiger partial charge on any atom is -0.355 e. The number of nitrogens with zero attached hydrogens (tertiary/aromatic N) is 2. The van der Waals surface area contributed by atoms with E-state index in [1.165, 1.54) is 0 Å². The number of carbonyl (C=O) groups excluding carboxylic acids is 3. The smallest absolute Gasteiger partial charge is 0.251 e. The van der Waals surface area contributed by atoms with Gasteiger partial charge >= 0.3 is 0 Å². The molecule has 0 unspecified atom stereocenters. The van der Waals surface area contributed by atoms with Crippen LogP contribution in [0.3, 0.4) is 0 Å². The SMILES string of the molecule is CCN(CC)C(=O)CN(C)CC(=O)Nc1ccc(C(=O)NC)cc1. The third-order valence-corrected chi connectivity index (χ3v) is 3.59. The summed E-state index contributed by atoms with van der Waals surface area (Å²) in [7, 11) is 3.29. The lowest BCUT2D eigenvalue weighted by Gasteiger charge is -2.22. The van der Waals surface area contributed by atoms with Crippen molar-refractivity contribution in [2.24, 2.45) is 0 Å². The lowest BCUT2D eigenvalue weighted by atomic mass is 10.2. The number of likely N-dealkylation sites (N-methyl/N-ethyl adjacent to an activating group) is 2. The Morgan fingerprint density at radius 2 is 1.58 bits per heavy atom. The number of rotatable bonds is 8. The average Bonchev–Trinajstić information content (AvgIpc) is 2.55. The van der Waals surface area contributed by atoms with Gasteiger partial charge in [0.25, 0.3) is 5.91 Å². The van der Waals surface area contributed by atoms with Gasteiger partial charge in [0.2, 0.25) is 11.8 Å². The van der Waals surface area contributed by atoms with Gasteiger partial charge in [0.05, 0.1) is 13.1 Å². The zero-order chi connectivity index (χ0) is 18.1. The zero-order valence-corrected chi connectivity index (χ0v) is 14.8. The second-order valence-corrected chi connectivity index (χ2v) is 5.44. The van der Waals surface area contributed by atoms with Gasteiger partial charge < -0.3 is 15.5 Å². The molecule has 2 N–H and O–H groups in total. The molecule has 132 valence electrons. The minimum atomic E-state index is -0.211. The summed E-state index contributed by atoms with van der Waals surface area (Å²) < 4.78 is 0. The Hall–Kier alpha value is -2.41. The van der Waals surface area contributed by atoms with E-state index in [2.05, 4.69) is 10.6 Å². The molecule has 7 nitrogen and oxygen atoms in total. The first kappa shape index (κ1) is 19.6. The molecule has 0 bridgehead atoms. The normalized spacial score (nSPS) is 10.4. The number of amides is 3. The molecule has 0 saturated carbocycles. The number of carbonyl (C=O) groups is 3. The van der Waals surface area contributed by atoms with Gasteiger partial charge in [-0.3, -0.25) is 19.3 Å². The summed E-state index contributed by atoms with van der Waals surface area (Å²) in [6.07, 6.45) is 0. The van der Waals surface area contributed by atoms with Gasteiger partial charge in [-0.05, 0) is 45.2 Å². The van der Waals surface area contributed by atoms with E-state index in [1.54, 1.807) is 48.2 Å². The summed E-state index contributed by atoms with van der Waals surface area (Å²) in [5.74, 6) is -0.384. The van der Waals surface area contributed by atoms with Gasteiger partial charge in [0, 0.05) is 31.4 Å². The van der Waals surface area contributed by atoms with Crippen LogP contribution in [0, 0.1) is 0 Å². The van der Waals surface area contributed by atoms with Crippen molar-refractivity contribution in [2.75, 3.05) is 45.6 Å². The summed E-state index contributed by atoms with van der Waals surface area (Å²) in [5, 5.41) is 5.29. The number of hydrogen-bond donors (Lipinski definition) is 2. The molecule has 0 saturated heterocycles. The highest BCUT2D eigenvalue weighted by atomic mass is 16.2. The molecule has 24 heavy (non-hydrogen) atoms. The van der Waals surface area contributed by atoms with Gasteiger partial charge in [0.1, 0.15) is 0 Å². The average molecular weight is 334 g/mol. The van der Waals surface area contributed by atoms with Crippen LogP contribution < -0.4 is 10.6 Å². The fraction of sp³-hybridized carbons (Fsp3) is 0.471. The Kier molecular flexibility index (Phi) is 7.91. The summed E-state index contributed by atoms with van der Waals surface area (Å²) in [4.78, 5) is 38.9. The summed E-state index contributed by atoms with van der Waals surface area (Å²) in [5.41, 5.74) is 1.13. The second kappa shape index (κ2) is 9.67. The van der Waals surface area contributed by atoms with Crippen molar-refractivity contribution in [2.45, 2.75) is 13.8 Å². The maximum absolute atomic E-state index is 12.0. The lowest BCUT2D eigenvalue weighted by molar-refractivity contribution is -0.132. The van der Waals surface area contributed by atoms with Crippen molar-refractivity contribution in [3.8, 4) is 0 Å². The first-order chi connectivity index (χ1) is 11.4. The van der Waals surface area contributed by atoms with E-state index >= 15 is 0 Å². The van der Waals surface area contributed by atoms with Gasteiger partial charge in [-0.25, -0.2) is 0 Å². The van der Waals surface area contributed by atoms with Crippen LogP contribution >= 0.6 is 0 Å². The Bertz CT molecular complexity index is 568. The number of nitrogens with one attached hydrogen (secondary N) is 2. The first-order valence-corrected chi connectivity index (χ1v) is 7.99. The Morgan fingerprint density at radius 3 is 2.08 bits per heavy atom. The van der Waals surface area contributed by atoms with Crippen molar-refractivity contribution in [3.05, 3.63) is 29.8 Å². The fourth-order valence-corrected chi connectivity index (χ4v) is 2.26. The van der Waals surface area contributed by atoms with Gasteiger partial charge in [-0.2, -0.15) is 0 Å². The van der Waals surface area contributed by atoms with Crippen LogP contribution in [-0.2, 0) is 9.59 Å². The van der Waals surface area contributed by atoms with E-state index in [-0.39, 0.29) is 30.8 Å². The molecular formula is C17H26N4O3. The Labute approximate surface area is 143 Å². The van der Waals surface area contributed by atoms with E-state index in [0.717, 1.165) is 0 Å². The van der Waals surface area contributed by atoms with Crippen molar-refractivity contribution < 1.29 is 14.4 Å². The maximum Gasteiger partial charge on any atom is 0.251 e. The van der Waals surface area contributed by atoms with E-state index in [9.17, 15) is 14.4 Å². The third-order valence-electron chi connectivity index (χ3n) is 3.59. The highest BCUT2D eigenvalue weighted by Crippen LogP contribution is 2.09. The predicted molar refractivity (Wildman–Crippen MR) is 93.9 cm³/mol. The number of hydrogen-bond acceptors (Lipinski definition) is 4. The lowest BCUT2D eigenvalue weighted by Crippen LogP contribution is -2.41. The summed E-state index contributed by atoms with van der Waals surface area (Å²) >= 11 is 0. The molecule has 0 aliphatic heterocycles. The monoisotopic (exact) mass is 334 g/mol. The van der Waals surface area contributed by atoms with E-state index < -0.39 is 0 Å². The van der Waals surface area contributed by atoms with Crippen LogP contribution in [0.25, 0.3) is 0 Å². The number of anilines is 1. The molecule has 1 aromatic carbocycles. The molecule has 7 heteroatoms. The van der Waals surface area contributed by atoms with Crippen LogP contribution in [0.5, 0.6) is 0 Å². The zero-order valence-electron chi connectivity index (χ0n) is 14.8. The molecule has 1 rings (SSSR count). The van der Waals surface area contributed by atoms with Crippen molar-refractivity contribution >= 4 is 23.4 Å². The minimum absolute atomic E-state index is 0.00484. The molecule has 0 atom stereocenters. The van der Waals surface area contributed by atoms with Crippen LogP contribution in [0.2, 0.25) is 0 Å². The van der Waals surface area contributed by atoms with Crippen molar-refractivity contribution in [1.82, 2.24) is 15.1 Å². The first-order valence-electron chi connectivity index (χ1n) is 7.99. The Balaban J connectivity index is 2.50. The molecule has 0 heterocycles. The highest BCUT2D eigenvalue weighted by molar-refractivity contribution is 5.96. The third kappa shape index (κ3) is 6.00. The molecular weight excluding hydrogens is 308 g/mol. The standard InChI is InChI=1S/C17H26N4O3/c1-5-21(6-2)16(23)12-20(4)11-15(22)19-14-9-7-13(8-10-14)17(24)18-3/h7-10H,5-6,11-12H2,1-4H3,(H,18,24)(H,19,22). The molecule has 3 amide bonds. The largest absolute Gasteiger partial charge is 0.355 e. The van der Waals surface area contributed by atoms with Gasteiger partial charge in [-0.15, -0.1) is 0 Å². The van der Waals surface area contributed by atoms with Crippen LogP contribution in [-0.4, -0.2) is 67.8 Å². The van der Waals surface area contributed by atoms with Gasteiger partial charge in [0.15, 0.2) is 0 Å². The van der Waals surface area contributed by atoms with E-state index in [1.807, 2.05) is 13.8 Å². The fourth-order valence-electron chi connectivity index (χ4n) is 2.26. The van der Waals surface area contributed by atoms with Gasteiger partial charge in [-0.1, -0.05) is 0 Å². The molecule has 1 aromatic rings. The molecule has 0 spiro atoms. The van der Waals surface area contributed by atoms with E-state index in [0.29, 0.717) is 24.3 Å². The summed E-state index contributed by atoms with van der Waals surface area (Å²) in [6.45, 7) is 5.49. The van der Waals surface area contributed by atoms with Crippen LogP contribution in [0.15, 0.2) is 24.3 Å². The molecule has 0 fully saturated rings. The van der Waals surface area contributed by atoms with E-state index in [4.69, 9.17) is 0 Å². The molecule has 0 aliphatic carbocycles. The quantitative estimate of drug-likeness (QED) is 0.736. The van der Waals surface area contributed by atoms with Crippen LogP contribution in [0.4, 0.5) is 5.69 Å². The van der Waals surface area contributed by atoms with Crippen molar-refractivity contribution in [3.63, 3.8) is 0 Å². The topological polar surface area (TPSA) is 81.8 Å². The number of benzene rings is 1. The molecule has 0 radical (unpaired) electrons. The highest BCUT2D eigenvalue weighted by Gasteiger charge is 2.14. The summed E-state index contributed by atoms with van der Waals surface area (Å²) in [6, 6.07) is 6.62.